The van der Waals surface area contributed by atoms with E-state index in [-0.39, 0.29) is 17.2 Å². The van der Waals surface area contributed by atoms with Gasteiger partial charge in [0, 0.05) is 51.7 Å². The lowest BCUT2D eigenvalue weighted by Gasteiger charge is -2.73. The molecule has 0 N–H and O–H groups in total. The molecule has 0 unspecified atom stereocenters. The molecule has 1 amide bonds. The summed E-state index contributed by atoms with van der Waals surface area (Å²) in [5, 5.41) is 0. The van der Waals surface area contributed by atoms with Crippen LogP contribution in [0.25, 0.3) is 0 Å². The number of amides is 1. The summed E-state index contributed by atoms with van der Waals surface area (Å²) in [6.45, 7) is 11.9. The van der Waals surface area contributed by atoms with Gasteiger partial charge in [0.1, 0.15) is 11.3 Å². The molecule has 22 heavy (non-hydrogen) atoms. The predicted octanol–water partition coefficient (Wildman–Crippen LogP) is 0.843. The summed E-state index contributed by atoms with van der Waals surface area (Å²) in [7, 11) is 0. The smallest absolute Gasteiger partial charge is 0.228 e. The summed E-state index contributed by atoms with van der Waals surface area (Å²) in [5.41, 5.74) is -0.257. The zero-order valence-corrected chi connectivity index (χ0v) is 14.5. The predicted molar refractivity (Wildman–Crippen MR) is 86.7 cm³/mol. The van der Waals surface area contributed by atoms with Crippen molar-refractivity contribution in [1.82, 2.24) is 19.6 Å². The number of rotatable bonds is 2. The third-order valence-electron chi connectivity index (χ3n) is 6.87. The van der Waals surface area contributed by atoms with Crippen molar-refractivity contribution < 1.29 is 4.79 Å². The van der Waals surface area contributed by atoms with Crippen molar-refractivity contribution in [2.24, 2.45) is 5.92 Å². The van der Waals surface area contributed by atoms with Crippen LogP contribution in [0.4, 0.5) is 0 Å². The zero-order chi connectivity index (χ0) is 15.5. The molecule has 5 nitrogen and oxygen atoms in total. The van der Waals surface area contributed by atoms with E-state index in [1.54, 1.807) is 0 Å². The van der Waals surface area contributed by atoms with Gasteiger partial charge in [0.05, 0.1) is 5.92 Å². The summed E-state index contributed by atoms with van der Waals surface area (Å²) in [6.07, 6.45) is 2.04. The molecular formula is C16H27ClN4O. The SMILES string of the molecule is C[C@@]12N3CCCN1CCN1C(=O)[C@@H](CCCl)CN(CC3)[C@@]12C. The summed E-state index contributed by atoms with van der Waals surface area (Å²) < 4.78 is 0. The first-order valence-electron chi connectivity index (χ1n) is 8.66. The lowest BCUT2D eigenvalue weighted by molar-refractivity contribution is -0.282. The normalized spacial score (nSPS) is 43.3. The molecule has 0 saturated carbocycles. The highest BCUT2D eigenvalue weighted by atomic mass is 35.5. The fourth-order valence-corrected chi connectivity index (χ4v) is 5.74. The van der Waals surface area contributed by atoms with Crippen LogP contribution in [0.15, 0.2) is 0 Å². The van der Waals surface area contributed by atoms with Gasteiger partial charge in [-0.1, -0.05) is 0 Å². The topological polar surface area (TPSA) is 30.0 Å². The summed E-state index contributed by atoms with van der Waals surface area (Å²) in [6, 6.07) is 0. The van der Waals surface area contributed by atoms with Crippen molar-refractivity contribution in [1.29, 1.82) is 0 Å². The van der Waals surface area contributed by atoms with E-state index in [2.05, 4.69) is 33.4 Å². The first-order chi connectivity index (χ1) is 10.5. The Kier molecular flexibility index (Phi) is 3.50. The zero-order valence-electron chi connectivity index (χ0n) is 13.7. The lowest BCUT2D eigenvalue weighted by atomic mass is 9.78. The average molecular weight is 327 g/mol. The molecule has 0 aromatic heterocycles. The van der Waals surface area contributed by atoms with Crippen LogP contribution in [-0.4, -0.2) is 88.5 Å². The van der Waals surface area contributed by atoms with E-state index in [9.17, 15) is 4.79 Å². The van der Waals surface area contributed by atoms with Crippen LogP contribution in [-0.2, 0) is 4.79 Å². The second kappa shape index (κ2) is 5.07. The highest BCUT2D eigenvalue weighted by Gasteiger charge is 2.66. The molecule has 0 bridgehead atoms. The molecule has 4 heterocycles. The Labute approximate surface area is 138 Å². The van der Waals surface area contributed by atoms with Crippen LogP contribution in [0.1, 0.15) is 26.7 Å². The Bertz CT molecular complexity index is 481. The van der Waals surface area contributed by atoms with Crippen LogP contribution in [0.2, 0.25) is 0 Å². The highest BCUT2D eigenvalue weighted by molar-refractivity contribution is 6.18. The van der Waals surface area contributed by atoms with E-state index >= 15 is 0 Å². The monoisotopic (exact) mass is 326 g/mol. The van der Waals surface area contributed by atoms with Crippen molar-refractivity contribution in [3.63, 3.8) is 0 Å². The number of carbonyl (C=O) groups excluding carboxylic acids is 1. The Morgan fingerprint density at radius 2 is 1.64 bits per heavy atom. The van der Waals surface area contributed by atoms with Crippen LogP contribution >= 0.6 is 11.6 Å². The van der Waals surface area contributed by atoms with Gasteiger partial charge in [-0.25, -0.2) is 0 Å². The maximum atomic E-state index is 13.1. The van der Waals surface area contributed by atoms with Crippen molar-refractivity contribution in [2.75, 3.05) is 51.7 Å². The Morgan fingerprint density at radius 3 is 2.32 bits per heavy atom. The molecule has 124 valence electrons. The number of alkyl halides is 1. The number of piperazine rings is 2. The molecular weight excluding hydrogens is 300 g/mol. The molecule has 4 rings (SSSR count). The highest BCUT2D eigenvalue weighted by Crippen LogP contribution is 2.49. The van der Waals surface area contributed by atoms with Crippen LogP contribution in [0, 0.1) is 5.92 Å². The number of halogens is 1. The van der Waals surface area contributed by atoms with E-state index in [0.29, 0.717) is 11.8 Å². The second-order valence-corrected chi connectivity index (χ2v) is 7.86. The molecule has 4 aliphatic rings. The third kappa shape index (κ3) is 1.68. The van der Waals surface area contributed by atoms with Gasteiger partial charge in [-0.2, -0.15) is 0 Å². The average Bonchev–Trinajstić information content (AvgIpc) is 2.49. The van der Waals surface area contributed by atoms with E-state index in [1.807, 2.05) is 0 Å². The van der Waals surface area contributed by atoms with Crippen molar-refractivity contribution in [3.05, 3.63) is 0 Å². The maximum Gasteiger partial charge on any atom is 0.228 e. The van der Waals surface area contributed by atoms with Crippen molar-refractivity contribution in [3.8, 4) is 0 Å². The molecule has 0 aromatic carbocycles. The first kappa shape index (κ1) is 15.2. The maximum absolute atomic E-state index is 13.1. The second-order valence-electron chi connectivity index (χ2n) is 7.48. The van der Waals surface area contributed by atoms with Gasteiger partial charge in [0.15, 0.2) is 0 Å². The fourth-order valence-electron chi connectivity index (χ4n) is 5.47. The first-order valence-corrected chi connectivity index (χ1v) is 9.19. The fraction of sp³-hybridized carbons (Fsp3) is 0.938. The number of hydrogen-bond acceptors (Lipinski definition) is 4. The van der Waals surface area contributed by atoms with Gasteiger partial charge in [-0.3, -0.25) is 19.5 Å². The molecule has 0 aliphatic carbocycles. The molecule has 4 saturated heterocycles. The Balaban J connectivity index is 1.76. The Hall–Kier alpha value is -0.360. The number of carbonyl (C=O) groups is 1. The number of hydrogen-bond donors (Lipinski definition) is 0. The standard InChI is InChI=1S/C16H27ClN4O/c1-15-16(2)20-9-8-18(15)6-3-7-19(15)10-11-21(16)14(22)13(12-20)4-5-17/h13H,3-12H2,1-2H3/t13-,15+,16-/m0/s1. The molecule has 0 aromatic rings. The van der Waals surface area contributed by atoms with E-state index in [4.69, 9.17) is 11.6 Å². The molecule has 4 fully saturated rings. The van der Waals surface area contributed by atoms with E-state index < -0.39 is 0 Å². The molecule has 0 radical (unpaired) electrons. The lowest BCUT2D eigenvalue weighted by Crippen LogP contribution is -2.90. The van der Waals surface area contributed by atoms with Gasteiger partial charge >= 0.3 is 0 Å². The molecule has 3 atom stereocenters. The van der Waals surface area contributed by atoms with Gasteiger partial charge < -0.3 is 4.90 Å². The molecule has 6 heteroatoms. The van der Waals surface area contributed by atoms with E-state index in [1.165, 1.54) is 6.42 Å². The van der Waals surface area contributed by atoms with Gasteiger partial charge in [-0.15, -0.1) is 11.6 Å². The van der Waals surface area contributed by atoms with Crippen molar-refractivity contribution in [2.45, 2.75) is 38.0 Å². The summed E-state index contributed by atoms with van der Waals surface area (Å²) in [5.74, 6) is 0.980. The van der Waals surface area contributed by atoms with Crippen LogP contribution in [0.5, 0.6) is 0 Å². The van der Waals surface area contributed by atoms with Crippen LogP contribution < -0.4 is 0 Å². The largest absolute Gasteiger partial charge is 0.320 e. The minimum absolute atomic E-state index is 0.0522. The quantitative estimate of drug-likeness (QED) is 0.704. The third-order valence-corrected chi connectivity index (χ3v) is 7.09. The van der Waals surface area contributed by atoms with Gasteiger partial charge in [0.2, 0.25) is 5.91 Å². The summed E-state index contributed by atoms with van der Waals surface area (Å²) in [4.78, 5) is 23.0. The Morgan fingerprint density at radius 1 is 1.00 bits per heavy atom. The molecule has 4 aliphatic heterocycles. The van der Waals surface area contributed by atoms with Crippen molar-refractivity contribution >= 4 is 17.5 Å². The molecule has 0 spiro atoms. The minimum atomic E-state index is -0.205. The van der Waals surface area contributed by atoms with Crippen LogP contribution in [0.3, 0.4) is 0 Å². The van der Waals surface area contributed by atoms with Gasteiger partial charge in [0.25, 0.3) is 0 Å². The number of nitrogens with zero attached hydrogens (tertiary/aromatic N) is 4. The van der Waals surface area contributed by atoms with Gasteiger partial charge in [-0.05, 0) is 26.7 Å². The minimum Gasteiger partial charge on any atom is -0.320 e. The van der Waals surface area contributed by atoms with E-state index in [0.717, 1.165) is 52.2 Å². The summed E-state index contributed by atoms with van der Waals surface area (Å²) >= 11 is 5.94.